The van der Waals surface area contributed by atoms with Gasteiger partial charge in [0.15, 0.2) is 0 Å². The minimum Gasteiger partial charge on any atom is -0.385 e. The largest absolute Gasteiger partial charge is 0.385 e. The summed E-state index contributed by atoms with van der Waals surface area (Å²) in [7, 11) is 0. The Kier molecular flexibility index (Phi) is 4.24. The maximum Gasteiger partial charge on any atom is 0.0921 e. The molecule has 0 aliphatic rings. The summed E-state index contributed by atoms with van der Waals surface area (Å²) in [5, 5.41) is 17.9. The van der Waals surface area contributed by atoms with Crippen LogP contribution < -0.4 is 0 Å². The van der Waals surface area contributed by atoms with E-state index in [9.17, 15) is 5.11 Å². The van der Waals surface area contributed by atoms with Gasteiger partial charge in [0.25, 0.3) is 0 Å². The number of hydrogen-bond acceptors (Lipinski definition) is 3. The number of allylic oxidation sites excluding steroid dienone is 1. The van der Waals surface area contributed by atoms with Crippen LogP contribution >= 0.6 is 11.8 Å². The second kappa shape index (κ2) is 4.42. The number of nitriles is 1. The summed E-state index contributed by atoms with van der Waals surface area (Å²) >= 11 is 1.50. The molecule has 0 aromatic rings. The maximum absolute atomic E-state index is 9.50. The van der Waals surface area contributed by atoms with E-state index >= 15 is 0 Å². The second-order valence-electron chi connectivity index (χ2n) is 2.63. The number of nitrogens with zero attached hydrogens (tertiary/aromatic N) is 1. The molecule has 1 N–H and O–H groups in total. The standard InChI is InChI=1S/C8H13NOS/c1-4-11-7(5-6-9)8(2,3)10/h5,10H,4H2,1-3H3/b7-5-. The van der Waals surface area contributed by atoms with Gasteiger partial charge in [0.2, 0.25) is 0 Å². The Balaban J connectivity index is 4.38. The van der Waals surface area contributed by atoms with Gasteiger partial charge < -0.3 is 5.11 Å². The average Bonchev–Trinajstić information content (AvgIpc) is 1.85. The minimum atomic E-state index is -0.879. The number of hydrogen-bond donors (Lipinski definition) is 1. The Labute approximate surface area is 71.9 Å². The van der Waals surface area contributed by atoms with Crippen molar-refractivity contribution in [1.82, 2.24) is 0 Å². The highest BCUT2D eigenvalue weighted by atomic mass is 32.2. The van der Waals surface area contributed by atoms with Crippen LogP contribution in [0.3, 0.4) is 0 Å². The van der Waals surface area contributed by atoms with E-state index in [2.05, 4.69) is 0 Å². The van der Waals surface area contributed by atoms with E-state index in [4.69, 9.17) is 5.26 Å². The van der Waals surface area contributed by atoms with Crippen molar-refractivity contribution in [3.8, 4) is 6.07 Å². The smallest absolute Gasteiger partial charge is 0.0921 e. The van der Waals surface area contributed by atoms with Crippen LogP contribution in [0.15, 0.2) is 11.0 Å². The van der Waals surface area contributed by atoms with Gasteiger partial charge in [-0.15, -0.1) is 11.8 Å². The first-order valence-corrected chi connectivity index (χ1v) is 4.46. The topological polar surface area (TPSA) is 44.0 Å². The molecule has 0 bridgehead atoms. The van der Waals surface area contributed by atoms with Crippen molar-refractivity contribution in [3.63, 3.8) is 0 Å². The molecule has 3 heteroatoms. The predicted molar refractivity (Wildman–Crippen MR) is 48.1 cm³/mol. The van der Waals surface area contributed by atoms with Crippen molar-refractivity contribution in [2.24, 2.45) is 0 Å². The lowest BCUT2D eigenvalue weighted by Crippen LogP contribution is -2.20. The normalized spacial score (nSPS) is 12.8. The van der Waals surface area contributed by atoms with Crippen LogP contribution in [0, 0.1) is 11.3 Å². The Morgan fingerprint density at radius 2 is 2.27 bits per heavy atom. The molecule has 0 aliphatic carbocycles. The van der Waals surface area contributed by atoms with Gasteiger partial charge in [0.1, 0.15) is 0 Å². The summed E-state index contributed by atoms with van der Waals surface area (Å²) in [5.74, 6) is 0.873. The Bertz CT molecular complexity index is 185. The fourth-order valence-electron chi connectivity index (χ4n) is 0.609. The zero-order chi connectivity index (χ0) is 8.91. The van der Waals surface area contributed by atoms with Crippen LogP contribution in [0.25, 0.3) is 0 Å². The summed E-state index contributed by atoms with van der Waals surface area (Å²) in [6, 6.07) is 1.92. The number of thioether (sulfide) groups is 1. The van der Waals surface area contributed by atoms with Gasteiger partial charge in [0, 0.05) is 11.0 Å². The van der Waals surface area contributed by atoms with Crippen molar-refractivity contribution >= 4 is 11.8 Å². The minimum absolute atomic E-state index is 0.725. The second-order valence-corrected chi connectivity index (χ2v) is 3.94. The molecule has 0 amide bonds. The Morgan fingerprint density at radius 1 is 1.73 bits per heavy atom. The molecule has 0 aliphatic heterocycles. The lowest BCUT2D eigenvalue weighted by atomic mass is 10.1. The monoisotopic (exact) mass is 171 g/mol. The van der Waals surface area contributed by atoms with Crippen molar-refractivity contribution in [1.29, 1.82) is 5.26 Å². The third-order valence-electron chi connectivity index (χ3n) is 1.10. The third kappa shape index (κ3) is 4.07. The van der Waals surface area contributed by atoms with E-state index < -0.39 is 5.60 Å². The van der Waals surface area contributed by atoms with Crippen LogP contribution in [0.1, 0.15) is 20.8 Å². The van der Waals surface area contributed by atoms with Gasteiger partial charge in [0.05, 0.1) is 11.7 Å². The molecule has 0 aromatic heterocycles. The summed E-state index contributed by atoms with van der Waals surface area (Å²) in [6.07, 6.45) is 1.40. The highest BCUT2D eigenvalue weighted by Gasteiger charge is 2.18. The summed E-state index contributed by atoms with van der Waals surface area (Å²) < 4.78 is 0. The molecule has 0 saturated carbocycles. The molecular formula is C8H13NOS. The van der Waals surface area contributed by atoms with Gasteiger partial charge in [-0.05, 0) is 19.6 Å². The van der Waals surface area contributed by atoms with E-state index in [-0.39, 0.29) is 0 Å². The highest BCUT2D eigenvalue weighted by molar-refractivity contribution is 8.03. The summed E-state index contributed by atoms with van der Waals surface area (Å²) in [5.41, 5.74) is -0.879. The molecule has 11 heavy (non-hydrogen) atoms. The molecular weight excluding hydrogens is 158 g/mol. The fourth-order valence-corrected chi connectivity index (χ4v) is 1.41. The van der Waals surface area contributed by atoms with E-state index in [1.54, 1.807) is 13.8 Å². The Hall–Kier alpha value is -0.460. The molecule has 0 heterocycles. The molecule has 2 nitrogen and oxygen atoms in total. The first kappa shape index (κ1) is 10.5. The van der Waals surface area contributed by atoms with Crippen LogP contribution in [-0.4, -0.2) is 16.5 Å². The molecule has 0 unspecified atom stereocenters. The van der Waals surface area contributed by atoms with Crippen LogP contribution in [-0.2, 0) is 0 Å². The van der Waals surface area contributed by atoms with Crippen molar-refractivity contribution in [3.05, 3.63) is 11.0 Å². The SMILES string of the molecule is CCS/C(=C\C#N)C(C)(C)O. The highest BCUT2D eigenvalue weighted by Crippen LogP contribution is 2.26. The van der Waals surface area contributed by atoms with Gasteiger partial charge >= 0.3 is 0 Å². The molecule has 0 atom stereocenters. The Morgan fingerprint density at radius 3 is 2.55 bits per heavy atom. The van der Waals surface area contributed by atoms with E-state index in [0.29, 0.717) is 0 Å². The first-order valence-electron chi connectivity index (χ1n) is 3.47. The van der Waals surface area contributed by atoms with Gasteiger partial charge in [-0.25, -0.2) is 0 Å². The fraction of sp³-hybridized carbons (Fsp3) is 0.625. The van der Waals surface area contributed by atoms with Crippen LogP contribution in [0.5, 0.6) is 0 Å². The van der Waals surface area contributed by atoms with Gasteiger partial charge in [-0.2, -0.15) is 5.26 Å². The predicted octanol–water partition coefficient (Wildman–Crippen LogP) is 1.92. The van der Waals surface area contributed by atoms with Crippen molar-refractivity contribution in [2.75, 3.05) is 5.75 Å². The first-order chi connectivity index (χ1) is 5.02. The molecule has 0 fully saturated rings. The van der Waals surface area contributed by atoms with Crippen molar-refractivity contribution < 1.29 is 5.11 Å². The van der Waals surface area contributed by atoms with Gasteiger partial charge in [-0.3, -0.25) is 0 Å². The lowest BCUT2D eigenvalue weighted by molar-refractivity contribution is 0.129. The average molecular weight is 171 g/mol. The quantitative estimate of drug-likeness (QED) is 0.660. The van der Waals surface area contributed by atoms with E-state index in [1.165, 1.54) is 17.8 Å². The molecule has 0 saturated heterocycles. The maximum atomic E-state index is 9.50. The molecule has 0 rings (SSSR count). The van der Waals surface area contributed by atoms with Crippen LogP contribution in [0.4, 0.5) is 0 Å². The molecule has 62 valence electrons. The van der Waals surface area contributed by atoms with Crippen LogP contribution in [0.2, 0.25) is 0 Å². The van der Waals surface area contributed by atoms with E-state index in [1.807, 2.05) is 13.0 Å². The lowest BCUT2D eigenvalue weighted by Gasteiger charge is -2.19. The molecule has 0 aromatic carbocycles. The van der Waals surface area contributed by atoms with Gasteiger partial charge in [-0.1, -0.05) is 6.92 Å². The third-order valence-corrected chi connectivity index (χ3v) is 2.32. The summed E-state index contributed by atoms with van der Waals surface area (Å²) in [6.45, 7) is 5.35. The zero-order valence-electron chi connectivity index (χ0n) is 7.09. The number of rotatable bonds is 3. The van der Waals surface area contributed by atoms with E-state index in [0.717, 1.165) is 10.7 Å². The van der Waals surface area contributed by atoms with Crippen molar-refractivity contribution in [2.45, 2.75) is 26.4 Å². The zero-order valence-corrected chi connectivity index (χ0v) is 7.90. The molecule has 0 spiro atoms. The summed E-state index contributed by atoms with van der Waals surface area (Å²) in [4.78, 5) is 0.725. The molecule has 0 radical (unpaired) electrons. The number of aliphatic hydroxyl groups is 1.